The normalized spacial score (nSPS) is 19.2. The molecule has 5 heteroatoms. The molecule has 2 aromatic rings. The fourth-order valence-electron chi connectivity index (χ4n) is 2.40. The van der Waals surface area contributed by atoms with Gasteiger partial charge in [0.1, 0.15) is 4.88 Å². The van der Waals surface area contributed by atoms with Crippen molar-refractivity contribution in [3.8, 4) is 0 Å². The summed E-state index contributed by atoms with van der Waals surface area (Å²) in [6, 6.07) is 7.56. The van der Waals surface area contributed by atoms with Gasteiger partial charge in [0, 0.05) is 16.5 Å². The zero-order valence-corrected chi connectivity index (χ0v) is 12.3. The third-order valence-corrected chi connectivity index (χ3v) is 5.12. The number of benzene rings is 1. The number of Topliss-reactive ketones (excluding diaryl/α,β-unsaturated/α-hetero) is 1. The van der Waals surface area contributed by atoms with Gasteiger partial charge < -0.3 is 4.74 Å². The predicted octanol–water partition coefficient (Wildman–Crippen LogP) is 4.22. The third-order valence-electron chi connectivity index (χ3n) is 3.47. The molecule has 3 rings (SSSR count). The molecule has 1 heterocycles. The van der Waals surface area contributed by atoms with E-state index in [1.165, 1.54) is 11.3 Å². The average Bonchev–Trinajstić information content (AvgIpc) is 2.79. The van der Waals surface area contributed by atoms with Crippen molar-refractivity contribution in [1.29, 1.82) is 0 Å². The molecule has 0 spiro atoms. The van der Waals surface area contributed by atoms with Crippen LogP contribution in [0.3, 0.4) is 0 Å². The van der Waals surface area contributed by atoms with E-state index < -0.39 is 12.1 Å². The minimum atomic E-state index is -0.600. The quantitative estimate of drug-likeness (QED) is 0.780. The second-order valence-corrected chi connectivity index (χ2v) is 6.28. The first-order valence-corrected chi connectivity index (χ1v) is 7.77. The van der Waals surface area contributed by atoms with E-state index >= 15 is 0 Å². The lowest BCUT2D eigenvalue weighted by Gasteiger charge is -2.20. The minimum Gasteiger partial charge on any atom is -0.450 e. The van der Waals surface area contributed by atoms with Crippen LogP contribution in [0.5, 0.6) is 0 Å². The van der Waals surface area contributed by atoms with E-state index in [9.17, 15) is 9.59 Å². The maximum Gasteiger partial charge on any atom is 0.350 e. The Morgan fingerprint density at radius 2 is 2.10 bits per heavy atom. The number of ketones is 1. The van der Waals surface area contributed by atoms with Crippen molar-refractivity contribution in [2.24, 2.45) is 0 Å². The van der Waals surface area contributed by atoms with Crippen molar-refractivity contribution in [2.45, 2.75) is 31.8 Å². The number of carbonyl (C=O) groups is 2. The Kier molecular flexibility index (Phi) is 3.76. The summed E-state index contributed by atoms with van der Waals surface area (Å²) in [6.45, 7) is 0. The van der Waals surface area contributed by atoms with Gasteiger partial charge in [-0.2, -0.15) is 0 Å². The number of thiophene rings is 1. The molecule has 1 saturated carbocycles. The number of rotatable bonds is 2. The number of halogens is 1. The molecule has 0 saturated heterocycles. The van der Waals surface area contributed by atoms with Crippen molar-refractivity contribution < 1.29 is 14.3 Å². The van der Waals surface area contributed by atoms with Crippen LogP contribution in [-0.2, 0) is 9.53 Å². The fourth-order valence-corrected chi connectivity index (χ4v) is 3.79. The smallest absolute Gasteiger partial charge is 0.350 e. The summed E-state index contributed by atoms with van der Waals surface area (Å²) in [6.07, 6.45) is 2.32. The van der Waals surface area contributed by atoms with E-state index in [1.54, 1.807) is 0 Å². The number of ether oxygens (including phenoxy) is 1. The second-order valence-electron chi connectivity index (χ2n) is 4.85. The van der Waals surface area contributed by atoms with Gasteiger partial charge in [-0.05, 0) is 25.3 Å². The predicted molar refractivity (Wildman–Crippen MR) is 79.5 cm³/mol. The molecule has 1 aromatic heterocycles. The van der Waals surface area contributed by atoms with Gasteiger partial charge in [0.05, 0.1) is 5.02 Å². The van der Waals surface area contributed by atoms with Crippen molar-refractivity contribution in [3.05, 3.63) is 34.2 Å². The maximum absolute atomic E-state index is 12.2. The van der Waals surface area contributed by atoms with Crippen LogP contribution in [0.4, 0.5) is 0 Å². The zero-order chi connectivity index (χ0) is 14.1. The van der Waals surface area contributed by atoms with E-state index in [-0.39, 0.29) is 5.78 Å². The van der Waals surface area contributed by atoms with Crippen molar-refractivity contribution in [3.63, 3.8) is 0 Å². The molecule has 0 amide bonds. The Morgan fingerprint density at radius 1 is 1.30 bits per heavy atom. The molecule has 1 atom stereocenters. The standard InChI is InChI=1S/C15H13ClO3S/c16-13-9-5-1-4-8-12(9)20-14(13)15(18)19-11-7-3-2-6-10(11)17/h1,4-5,8,11H,2-3,6-7H2. The monoisotopic (exact) mass is 308 g/mol. The maximum atomic E-state index is 12.2. The van der Waals surface area contributed by atoms with Crippen molar-refractivity contribution in [1.82, 2.24) is 0 Å². The van der Waals surface area contributed by atoms with Crippen molar-refractivity contribution >= 4 is 44.8 Å². The zero-order valence-electron chi connectivity index (χ0n) is 10.7. The van der Waals surface area contributed by atoms with Crippen LogP contribution in [0.2, 0.25) is 5.02 Å². The number of hydrogen-bond donors (Lipinski definition) is 0. The Bertz CT molecular complexity index is 677. The molecule has 1 aliphatic rings. The molecule has 104 valence electrons. The van der Waals surface area contributed by atoms with Crippen LogP contribution in [-0.4, -0.2) is 17.9 Å². The number of hydrogen-bond acceptors (Lipinski definition) is 4. The van der Waals surface area contributed by atoms with Gasteiger partial charge >= 0.3 is 5.97 Å². The first-order valence-electron chi connectivity index (χ1n) is 6.57. The molecule has 0 bridgehead atoms. The third kappa shape index (κ3) is 2.45. The molecule has 1 fully saturated rings. The van der Waals surface area contributed by atoms with Crippen LogP contribution in [0.15, 0.2) is 24.3 Å². The number of carbonyl (C=O) groups excluding carboxylic acids is 2. The van der Waals surface area contributed by atoms with Crippen LogP contribution >= 0.6 is 22.9 Å². The summed E-state index contributed by atoms with van der Waals surface area (Å²) in [5.74, 6) is -0.474. The highest BCUT2D eigenvalue weighted by Crippen LogP contribution is 2.36. The first-order chi connectivity index (χ1) is 9.66. The highest BCUT2D eigenvalue weighted by atomic mass is 35.5. The van der Waals surface area contributed by atoms with Gasteiger partial charge in [0.2, 0.25) is 0 Å². The lowest BCUT2D eigenvalue weighted by molar-refractivity contribution is -0.129. The molecule has 1 aromatic carbocycles. The van der Waals surface area contributed by atoms with Gasteiger partial charge in [-0.25, -0.2) is 4.79 Å². The molecule has 1 unspecified atom stereocenters. The SMILES string of the molecule is O=C(OC1CCCCC1=O)c1sc2ccccc2c1Cl. The van der Waals surface area contributed by atoms with E-state index in [4.69, 9.17) is 16.3 Å². The van der Waals surface area contributed by atoms with Gasteiger partial charge in [0.25, 0.3) is 0 Å². The van der Waals surface area contributed by atoms with Gasteiger partial charge in [-0.15, -0.1) is 11.3 Å². The summed E-state index contributed by atoms with van der Waals surface area (Å²) in [4.78, 5) is 24.3. The lowest BCUT2D eigenvalue weighted by atomic mass is 9.96. The molecule has 0 aliphatic heterocycles. The summed E-state index contributed by atoms with van der Waals surface area (Å²) < 4.78 is 6.28. The van der Waals surface area contributed by atoms with Crippen LogP contribution in [0, 0.1) is 0 Å². The highest BCUT2D eigenvalue weighted by molar-refractivity contribution is 7.21. The molecule has 0 radical (unpaired) electrons. The molecule has 20 heavy (non-hydrogen) atoms. The summed E-state index contributed by atoms with van der Waals surface area (Å²) in [5, 5.41) is 1.26. The van der Waals surface area contributed by atoms with Crippen LogP contribution in [0.25, 0.3) is 10.1 Å². The lowest BCUT2D eigenvalue weighted by Crippen LogP contribution is -2.29. The van der Waals surface area contributed by atoms with E-state index in [0.29, 0.717) is 22.7 Å². The van der Waals surface area contributed by atoms with E-state index in [0.717, 1.165) is 22.9 Å². The average molecular weight is 309 g/mol. The Balaban J connectivity index is 1.85. The minimum absolute atomic E-state index is 0.0156. The summed E-state index contributed by atoms with van der Waals surface area (Å²) in [7, 11) is 0. The number of esters is 1. The summed E-state index contributed by atoms with van der Waals surface area (Å²) in [5.41, 5.74) is 0. The molecular weight excluding hydrogens is 296 g/mol. The molecule has 3 nitrogen and oxygen atoms in total. The molecule has 0 N–H and O–H groups in total. The second kappa shape index (κ2) is 5.54. The Morgan fingerprint density at radius 3 is 2.85 bits per heavy atom. The van der Waals surface area contributed by atoms with Gasteiger partial charge in [-0.1, -0.05) is 29.8 Å². The van der Waals surface area contributed by atoms with Crippen molar-refractivity contribution in [2.75, 3.05) is 0 Å². The number of fused-ring (bicyclic) bond motifs is 1. The van der Waals surface area contributed by atoms with Gasteiger partial charge in [0.15, 0.2) is 11.9 Å². The Hall–Kier alpha value is -1.39. The van der Waals surface area contributed by atoms with E-state index in [1.807, 2.05) is 24.3 Å². The molecular formula is C15H13ClO3S. The Labute approximate surface area is 125 Å². The topological polar surface area (TPSA) is 43.4 Å². The fraction of sp³-hybridized carbons (Fsp3) is 0.333. The van der Waals surface area contributed by atoms with E-state index in [2.05, 4.69) is 0 Å². The first kappa shape index (κ1) is 13.6. The van der Waals surface area contributed by atoms with Crippen LogP contribution < -0.4 is 0 Å². The van der Waals surface area contributed by atoms with Crippen LogP contribution in [0.1, 0.15) is 35.4 Å². The summed E-state index contributed by atoms with van der Waals surface area (Å²) >= 11 is 7.53. The largest absolute Gasteiger partial charge is 0.450 e. The highest BCUT2D eigenvalue weighted by Gasteiger charge is 2.28. The van der Waals surface area contributed by atoms with Gasteiger partial charge in [-0.3, -0.25) is 4.79 Å². The molecule has 1 aliphatic carbocycles.